The molecule has 0 spiro atoms. The highest BCUT2D eigenvalue weighted by molar-refractivity contribution is 7.09. The van der Waals surface area contributed by atoms with Crippen molar-refractivity contribution in [3.63, 3.8) is 0 Å². The van der Waals surface area contributed by atoms with Crippen molar-refractivity contribution in [2.75, 3.05) is 11.9 Å². The van der Waals surface area contributed by atoms with Crippen LogP contribution in [-0.2, 0) is 19.9 Å². The van der Waals surface area contributed by atoms with Crippen LogP contribution >= 0.6 is 11.3 Å². The minimum atomic E-state index is -0.901. The molecule has 8 heteroatoms. The van der Waals surface area contributed by atoms with E-state index in [0.717, 1.165) is 16.1 Å². The smallest absolute Gasteiger partial charge is 0.418 e. The first-order chi connectivity index (χ1) is 14.2. The molecule has 0 fully saturated rings. The topological polar surface area (TPSA) is 82.5 Å². The maximum absolute atomic E-state index is 12.7. The van der Waals surface area contributed by atoms with Crippen LogP contribution in [0.2, 0.25) is 0 Å². The Morgan fingerprint density at radius 3 is 2.83 bits per heavy atom. The molecule has 2 aromatic heterocycles. The standard InChI is InChI=1S/C22H23N3O4S/c1-21(2,3)29-20(27)25-10-5-6-17(25)14-7-8-16-15(12-14)22(4,19-23-9-11-30-19)28-13-18(26)24-16/h5-12H,13H2,1-4H3,(H,24,26). The summed E-state index contributed by atoms with van der Waals surface area (Å²) in [5.74, 6) is -0.221. The number of anilines is 1. The molecule has 3 heterocycles. The van der Waals surface area contributed by atoms with Gasteiger partial charge in [-0.2, -0.15) is 0 Å². The normalized spacial score (nSPS) is 19.0. The third-order valence-electron chi connectivity index (χ3n) is 4.77. The number of ether oxygens (including phenoxy) is 2. The Morgan fingerprint density at radius 1 is 1.33 bits per heavy atom. The van der Waals surface area contributed by atoms with Gasteiger partial charge in [0.25, 0.3) is 0 Å². The zero-order chi connectivity index (χ0) is 21.5. The van der Waals surface area contributed by atoms with Gasteiger partial charge in [0.2, 0.25) is 5.91 Å². The minimum Gasteiger partial charge on any atom is -0.443 e. The zero-order valence-corrected chi connectivity index (χ0v) is 18.1. The van der Waals surface area contributed by atoms with Crippen LogP contribution in [-0.4, -0.2) is 33.8 Å². The lowest BCUT2D eigenvalue weighted by molar-refractivity contribution is -0.124. The third kappa shape index (κ3) is 3.76. The average Bonchev–Trinajstić information content (AvgIpc) is 3.35. The number of benzene rings is 1. The Hall–Kier alpha value is -2.97. The van der Waals surface area contributed by atoms with Crippen molar-refractivity contribution in [2.24, 2.45) is 0 Å². The van der Waals surface area contributed by atoms with Crippen molar-refractivity contribution < 1.29 is 19.1 Å². The Bertz CT molecular complexity index is 1100. The fourth-order valence-corrected chi connectivity index (χ4v) is 4.17. The van der Waals surface area contributed by atoms with E-state index >= 15 is 0 Å². The fourth-order valence-electron chi connectivity index (χ4n) is 3.40. The van der Waals surface area contributed by atoms with Crippen molar-refractivity contribution in [2.45, 2.75) is 38.9 Å². The first-order valence-electron chi connectivity index (χ1n) is 9.57. The summed E-state index contributed by atoms with van der Waals surface area (Å²) in [5, 5.41) is 5.52. The molecule has 1 atom stereocenters. The van der Waals surface area contributed by atoms with E-state index in [9.17, 15) is 9.59 Å². The van der Waals surface area contributed by atoms with Gasteiger partial charge >= 0.3 is 6.09 Å². The maximum atomic E-state index is 12.7. The van der Waals surface area contributed by atoms with Gasteiger partial charge in [0.05, 0.1) is 5.69 Å². The molecule has 0 saturated heterocycles. The first kappa shape index (κ1) is 20.3. The quantitative estimate of drug-likeness (QED) is 0.647. The Labute approximate surface area is 178 Å². The zero-order valence-electron chi connectivity index (χ0n) is 17.3. The van der Waals surface area contributed by atoms with Crippen molar-refractivity contribution in [3.05, 3.63) is 58.7 Å². The van der Waals surface area contributed by atoms with E-state index in [2.05, 4.69) is 10.3 Å². The highest BCUT2D eigenvalue weighted by Crippen LogP contribution is 2.42. The predicted octanol–water partition coefficient (Wildman–Crippen LogP) is 4.63. The highest BCUT2D eigenvalue weighted by Gasteiger charge is 2.38. The molecule has 1 unspecified atom stereocenters. The highest BCUT2D eigenvalue weighted by atomic mass is 32.1. The monoisotopic (exact) mass is 425 g/mol. The number of hydrogen-bond acceptors (Lipinski definition) is 6. The number of rotatable bonds is 2. The fraction of sp³-hybridized carbons (Fsp3) is 0.318. The molecular formula is C22H23N3O4S. The molecule has 0 bridgehead atoms. The number of carbonyl (C=O) groups is 2. The van der Waals surface area contributed by atoms with Crippen molar-refractivity contribution in [1.82, 2.24) is 9.55 Å². The number of amides is 1. The second-order valence-corrected chi connectivity index (χ2v) is 9.11. The maximum Gasteiger partial charge on any atom is 0.418 e. The molecule has 7 nitrogen and oxygen atoms in total. The number of thiazole rings is 1. The van der Waals surface area contributed by atoms with Crippen LogP contribution in [0, 0.1) is 0 Å². The predicted molar refractivity (Wildman–Crippen MR) is 115 cm³/mol. The van der Waals surface area contributed by atoms with Crippen LogP contribution < -0.4 is 5.32 Å². The van der Waals surface area contributed by atoms with Crippen LogP contribution in [0.1, 0.15) is 38.3 Å². The largest absolute Gasteiger partial charge is 0.443 e. The second kappa shape index (κ2) is 7.37. The third-order valence-corrected chi connectivity index (χ3v) is 5.75. The summed E-state index contributed by atoms with van der Waals surface area (Å²) in [7, 11) is 0. The van der Waals surface area contributed by atoms with E-state index in [-0.39, 0.29) is 12.5 Å². The van der Waals surface area contributed by atoms with Gasteiger partial charge in [-0.15, -0.1) is 11.3 Å². The number of nitrogens with zero attached hydrogens (tertiary/aromatic N) is 2. The molecule has 1 amide bonds. The van der Waals surface area contributed by atoms with E-state index in [1.165, 1.54) is 15.9 Å². The molecule has 1 aromatic carbocycles. The Balaban J connectivity index is 1.81. The second-order valence-electron chi connectivity index (χ2n) is 8.21. The number of fused-ring (bicyclic) bond motifs is 1. The van der Waals surface area contributed by atoms with Gasteiger partial charge in [-0.05, 0) is 57.5 Å². The summed E-state index contributed by atoms with van der Waals surface area (Å²) in [6.07, 6.45) is 2.93. The molecule has 3 aromatic rings. The summed E-state index contributed by atoms with van der Waals surface area (Å²) < 4.78 is 13.0. The van der Waals surface area contributed by atoms with Gasteiger partial charge in [0.1, 0.15) is 22.8 Å². The Kier molecular flexibility index (Phi) is 4.99. The van der Waals surface area contributed by atoms with Crippen molar-refractivity contribution in [3.8, 4) is 11.3 Å². The molecule has 1 aliphatic heterocycles. The molecule has 0 radical (unpaired) electrons. The van der Waals surface area contributed by atoms with Gasteiger partial charge in [0.15, 0.2) is 0 Å². The molecule has 1 N–H and O–H groups in total. The van der Waals surface area contributed by atoms with E-state index in [0.29, 0.717) is 11.4 Å². The number of nitrogens with one attached hydrogen (secondary N) is 1. The SMILES string of the molecule is CC(C)(C)OC(=O)n1cccc1-c1ccc2c(c1)C(C)(c1nccs1)OCC(=O)N2. The van der Waals surface area contributed by atoms with Crippen LogP contribution in [0.3, 0.4) is 0 Å². The molecule has 156 valence electrons. The summed E-state index contributed by atoms with van der Waals surface area (Å²) >= 11 is 1.47. The van der Waals surface area contributed by atoms with E-state index in [1.54, 1.807) is 18.5 Å². The van der Waals surface area contributed by atoms with Crippen LogP contribution in [0.5, 0.6) is 0 Å². The summed E-state index contributed by atoms with van der Waals surface area (Å²) in [4.78, 5) is 29.3. The number of carbonyl (C=O) groups excluding carboxylic acids is 2. The average molecular weight is 426 g/mol. The van der Waals surface area contributed by atoms with Crippen molar-refractivity contribution in [1.29, 1.82) is 0 Å². The molecule has 30 heavy (non-hydrogen) atoms. The lowest BCUT2D eigenvalue weighted by Gasteiger charge is -2.28. The van der Waals surface area contributed by atoms with Gasteiger partial charge in [0, 0.05) is 29.0 Å². The summed E-state index contributed by atoms with van der Waals surface area (Å²) in [6.45, 7) is 7.32. The van der Waals surface area contributed by atoms with Crippen molar-refractivity contribution >= 4 is 29.0 Å². The molecule has 0 saturated carbocycles. The van der Waals surface area contributed by atoms with Gasteiger partial charge < -0.3 is 14.8 Å². The van der Waals surface area contributed by atoms with Crippen LogP contribution in [0.4, 0.5) is 10.5 Å². The lowest BCUT2D eigenvalue weighted by Crippen LogP contribution is -2.28. The van der Waals surface area contributed by atoms with Crippen LogP contribution in [0.25, 0.3) is 11.3 Å². The number of aromatic nitrogens is 2. The first-order valence-corrected chi connectivity index (χ1v) is 10.4. The van der Waals surface area contributed by atoms with E-state index in [4.69, 9.17) is 9.47 Å². The van der Waals surface area contributed by atoms with Gasteiger partial charge in [-0.3, -0.25) is 9.36 Å². The molecular weight excluding hydrogens is 402 g/mol. The van der Waals surface area contributed by atoms with E-state index in [1.807, 2.05) is 57.3 Å². The number of hydrogen-bond donors (Lipinski definition) is 1. The molecule has 1 aliphatic rings. The summed E-state index contributed by atoms with van der Waals surface area (Å²) in [5.41, 5.74) is 1.42. The van der Waals surface area contributed by atoms with Crippen LogP contribution in [0.15, 0.2) is 48.1 Å². The summed E-state index contributed by atoms with van der Waals surface area (Å²) in [6, 6.07) is 9.27. The van der Waals surface area contributed by atoms with Gasteiger partial charge in [-0.25, -0.2) is 9.78 Å². The minimum absolute atomic E-state index is 0.0750. The van der Waals surface area contributed by atoms with E-state index < -0.39 is 17.3 Å². The van der Waals surface area contributed by atoms with Gasteiger partial charge in [-0.1, -0.05) is 6.07 Å². The Morgan fingerprint density at radius 2 is 2.13 bits per heavy atom. The molecule has 0 aliphatic carbocycles. The lowest BCUT2D eigenvalue weighted by atomic mass is 9.92. The molecule has 4 rings (SSSR count).